The van der Waals surface area contributed by atoms with Crippen LogP contribution in [0.25, 0.3) is 0 Å². The molecular weight excluding hydrogens is 118 g/mol. The van der Waals surface area contributed by atoms with E-state index in [9.17, 15) is 0 Å². The number of fused-ring (bicyclic) bond motifs is 1. The Hall–Kier alpha value is -1.39. The first kappa shape index (κ1) is 4.49. The quantitative estimate of drug-likeness (QED) is 0.441. The van der Waals surface area contributed by atoms with Crippen molar-refractivity contribution in [1.29, 1.82) is 0 Å². The van der Waals surface area contributed by atoms with Gasteiger partial charge in [0.25, 0.3) is 0 Å². The summed E-state index contributed by atoms with van der Waals surface area (Å²) in [6, 6.07) is 0. The van der Waals surface area contributed by atoms with E-state index in [2.05, 4.69) is 25.4 Å². The molecule has 0 unspecified atom stereocenters. The van der Waals surface area contributed by atoms with Gasteiger partial charge in [0.2, 0.25) is 5.84 Å². The molecule has 0 N–H and O–H groups in total. The third-order valence-electron chi connectivity index (χ3n) is 1.07. The number of rotatable bonds is 0. The molecule has 5 heteroatoms. The van der Waals surface area contributed by atoms with E-state index >= 15 is 0 Å². The number of amidine groups is 1. The molecule has 0 fully saturated rings. The van der Waals surface area contributed by atoms with E-state index in [1.54, 1.807) is 0 Å². The molecule has 0 aromatic heterocycles. The Morgan fingerprint density at radius 3 is 3.33 bits per heavy atom. The third kappa shape index (κ3) is 0.576. The molecule has 0 bridgehead atoms. The lowest BCUT2D eigenvalue weighted by Crippen LogP contribution is -2.15. The third-order valence-corrected chi connectivity index (χ3v) is 1.07. The van der Waals surface area contributed by atoms with E-state index in [4.69, 9.17) is 0 Å². The molecule has 0 spiro atoms. The van der Waals surface area contributed by atoms with Gasteiger partial charge in [-0.3, -0.25) is 4.99 Å². The molecule has 2 heterocycles. The van der Waals surface area contributed by atoms with Gasteiger partial charge >= 0.3 is 0 Å². The molecule has 0 saturated carbocycles. The van der Waals surface area contributed by atoms with E-state index in [1.165, 1.54) is 6.34 Å². The predicted octanol–water partition coefficient (Wildman–Crippen LogP) is 0.249. The molecule has 0 aliphatic carbocycles. The SMILES string of the molecule is C1=NCC2=NN=NC2=N1. The predicted molar refractivity (Wildman–Crippen MR) is 33.1 cm³/mol. The van der Waals surface area contributed by atoms with Crippen molar-refractivity contribution in [2.45, 2.75) is 0 Å². The summed E-state index contributed by atoms with van der Waals surface area (Å²) in [5.74, 6) is 0.602. The standard InChI is InChI=1S/C4H3N5/c1-3-4(6-2-5-1)8-9-7-3/h2H,1H2. The highest BCUT2D eigenvalue weighted by Crippen LogP contribution is 2.01. The molecule has 0 radical (unpaired) electrons. The molecular formula is C4H3N5. The molecule has 9 heavy (non-hydrogen) atoms. The van der Waals surface area contributed by atoms with Crippen molar-refractivity contribution < 1.29 is 0 Å². The highest BCUT2D eigenvalue weighted by molar-refractivity contribution is 6.45. The van der Waals surface area contributed by atoms with Crippen LogP contribution in [0.2, 0.25) is 0 Å². The van der Waals surface area contributed by atoms with Gasteiger partial charge in [0, 0.05) is 0 Å². The zero-order valence-corrected chi connectivity index (χ0v) is 4.52. The average molecular weight is 121 g/mol. The molecule has 0 atom stereocenters. The average Bonchev–Trinajstić information content (AvgIpc) is 2.33. The highest BCUT2D eigenvalue weighted by atomic mass is 15.4. The summed E-state index contributed by atoms with van der Waals surface area (Å²) >= 11 is 0. The number of aliphatic imine (C=N–C) groups is 2. The van der Waals surface area contributed by atoms with Crippen molar-refractivity contribution >= 4 is 17.9 Å². The van der Waals surface area contributed by atoms with E-state index in [0.29, 0.717) is 12.4 Å². The lowest BCUT2D eigenvalue weighted by Gasteiger charge is -1.95. The topological polar surface area (TPSA) is 61.8 Å². The molecule has 44 valence electrons. The van der Waals surface area contributed by atoms with Gasteiger partial charge in [0.15, 0.2) is 0 Å². The van der Waals surface area contributed by atoms with Crippen molar-refractivity contribution in [1.82, 2.24) is 0 Å². The maximum absolute atomic E-state index is 3.86. The minimum Gasteiger partial charge on any atom is -0.267 e. The van der Waals surface area contributed by atoms with E-state index < -0.39 is 0 Å². The smallest absolute Gasteiger partial charge is 0.203 e. The van der Waals surface area contributed by atoms with Crippen LogP contribution in [0.4, 0.5) is 0 Å². The monoisotopic (exact) mass is 121 g/mol. The van der Waals surface area contributed by atoms with Gasteiger partial charge in [-0.25, -0.2) is 4.99 Å². The van der Waals surface area contributed by atoms with Crippen LogP contribution in [0, 0.1) is 0 Å². The maximum atomic E-state index is 3.86. The summed E-state index contributed by atoms with van der Waals surface area (Å²) in [7, 11) is 0. The fraction of sp³-hybridized carbons (Fsp3) is 0.250. The Bertz CT molecular complexity index is 246. The molecule has 2 aliphatic rings. The van der Waals surface area contributed by atoms with Gasteiger partial charge in [-0.2, -0.15) is 0 Å². The van der Waals surface area contributed by atoms with E-state index in [-0.39, 0.29) is 0 Å². The first-order valence-corrected chi connectivity index (χ1v) is 2.51. The molecule has 0 amide bonds. The van der Waals surface area contributed by atoms with Crippen LogP contribution in [0.3, 0.4) is 0 Å². The molecule has 0 aromatic rings. The van der Waals surface area contributed by atoms with Crippen LogP contribution >= 0.6 is 0 Å². The van der Waals surface area contributed by atoms with Gasteiger partial charge in [-0.15, -0.1) is 10.2 Å². The van der Waals surface area contributed by atoms with Crippen molar-refractivity contribution in [3.05, 3.63) is 0 Å². The van der Waals surface area contributed by atoms with Crippen molar-refractivity contribution in [2.75, 3.05) is 6.54 Å². The minimum atomic E-state index is 0.561. The number of nitrogens with zero attached hydrogens (tertiary/aromatic N) is 5. The van der Waals surface area contributed by atoms with Crippen LogP contribution in [-0.2, 0) is 0 Å². The number of hydrogen-bond acceptors (Lipinski definition) is 5. The van der Waals surface area contributed by atoms with Crippen LogP contribution in [0.1, 0.15) is 0 Å². The van der Waals surface area contributed by atoms with Gasteiger partial charge < -0.3 is 0 Å². The Kier molecular flexibility index (Phi) is 0.769. The van der Waals surface area contributed by atoms with E-state index in [0.717, 1.165) is 5.71 Å². The van der Waals surface area contributed by atoms with Crippen molar-refractivity contribution in [2.24, 2.45) is 25.4 Å². The fourth-order valence-electron chi connectivity index (χ4n) is 0.647. The normalized spacial score (nSPS) is 21.3. The summed E-state index contributed by atoms with van der Waals surface area (Å²) in [5, 5.41) is 10.8. The second-order valence-corrected chi connectivity index (χ2v) is 1.65. The van der Waals surface area contributed by atoms with Crippen LogP contribution in [0.5, 0.6) is 0 Å². The van der Waals surface area contributed by atoms with Gasteiger partial charge in [-0.05, 0) is 5.22 Å². The van der Waals surface area contributed by atoms with Crippen molar-refractivity contribution in [3.63, 3.8) is 0 Å². The van der Waals surface area contributed by atoms with Gasteiger partial charge in [-0.1, -0.05) is 0 Å². The lowest BCUT2D eigenvalue weighted by molar-refractivity contribution is 1.12. The summed E-state index contributed by atoms with van der Waals surface area (Å²) < 4.78 is 0. The second-order valence-electron chi connectivity index (χ2n) is 1.65. The first-order valence-electron chi connectivity index (χ1n) is 2.51. The number of hydrogen-bond donors (Lipinski definition) is 0. The Morgan fingerprint density at radius 1 is 1.44 bits per heavy atom. The Labute approximate surface area is 50.9 Å². The Balaban J connectivity index is 2.46. The van der Waals surface area contributed by atoms with Gasteiger partial charge in [0.1, 0.15) is 12.1 Å². The first-order chi connectivity index (χ1) is 4.47. The molecule has 0 saturated heterocycles. The van der Waals surface area contributed by atoms with Crippen LogP contribution in [0.15, 0.2) is 25.4 Å². The fourth-order valence-corrected chi connectivity index (χ4v) is 0.647. The Morgan fingerprint density at radius 2 is 2.44 bits per heavy atom. The minimum absolute atomic E-state index is 0.561. The van der Waals surface area contributed by atoms with Crippen molar-refractivity contribution in [3.8, 4) is 0 Å². The molecule has 2 aliphatic heterocycles. The molecule has 5 nitrogen and oxygen atoms in total. The lowest BCUT2D eigenvalue weighted by atomic mass is 10.3. The van der Waals surface area contributed by atoms with Crippen LogP contribution < -0.4 is 0 Å². The largest absolute Gasteiger partial charge is 0.267 e. The van der Waals surface area contributed by atoms with Gasteiger partial charge in [0.05, 0.1) is 6.54 Å². The summed E-state index contributed by atoms with van der Waals surface area (Å²) in [5.41, 5.74) is 0.762. The zero-order valence-electron chi connectivity index (χ0n) is 4.52. The summed E-state index contributed by atoms with van der Waals surface area (Å²) in [6.45, 7) is 0.561. The summed E-state index contributed by atoms with van der Waals surface area (Å²) in [6.07, 6.45) is 1.47. The summed E-state index contributed by atoms with van der Waals surface area (Å²) in [4.78, 5) is 7.68. The van der Waals surface area contributed by atoms with E-state index in [1.807, 2.05) is 0 Å². The molecule has 0 aromatic carbocycles. The highest BCUT2D eigenvalue weighted by Gasteiger charge is 2.14. The second kappa shape index (κ2) is 1.54. The zero-order chi connectivity index (χ0) is 6.10. The molecule has 2 rings (SSSR count). The maximum Gasteiger partial charge on any atom is 0.203 e. The van der Waals surface area contributed by atoms with Crippen LogP contribution in [-0.4, -0.2) is 24.4 Å².